The zero-order valence-electron chi connectivity index (χ0n) is 15.7. The van der Waals surface area contributed by atoms with Gasteiger partial charge in [-0.05, 0) is 16.7 Å². The SMILES string of the molecule is NC(N)(c1ccccc1)C(C(=O)O)(C(=O)OCc1ccccc1)c1ccccc1. The van der Waals surface area contributed by atoms with E-state index in [4.69, 9.17) is 16.2 Å². The van der Waals surface area contributed by atoms with E-state index in [9.17, 15) is 14.7 Å². The molecule has 0 fully saturated rings. The second-order valence-corrected chi connectivity index (χ2v) is 6.72. The Balaban J connectivity index is 2.12. The number of carbonyl (C=O) groups is 2. The molecule has 0 aromatic heterocycles. The van der Waals surface area contributed by atoms with Gasteiger partial charge in [0.1, 0.15) is 12.3 Å². The average Bonchev–Trinajstić information content (AvgIpc) is 2.74. The summed E-state index contributed by atoms with van der Waals surface area (Å²) < 4.78 is 5.44. The molecule has 0 aliphatic carbocycles. The first-order chi connectivity index (χ1) is 13.9. The van der Waals surface area contributed by atoms with Crippen molar-refractivity contribution in [1.82, 2.24) is 0 Å². The van der Waals surface area contributed by atoms with Gasteiger partial charge in [0.05, 0.1) is 0 Å². The summed E-state index contributed by atoms with van der Waals surface area (Å²) in [5.74, 6) is -2.52. The fourth-order valence-electron chi connectivity index (χ4n) is 3.36. The van der Waals surface area contributed by atoms with E-state index in [0.29, 0.717) is 11.1 Å². The first-order valence-corrected chi connectivity index (χ1v) is 9.04. The highest BCUT2D eigenvalue weighted by molar-refractivity contribution is 6.07. The van der Waals surface area contributed by atoms with Crippen molar-refractivity contribution in [3.63, 3.8) is 0 Å². The van der Waals surface area contributed by atoms with E-state index in [-0.39, 0.29) is 12.2 Å². The number of nitrogens with two attached hydrogens (primary N) is 2. The molecule has 5 N–H and O–H groups in total. The van der Waals surface area contributed by atoms with Gasteiger partial charge in [-0.15, -0.1) is 0 Å². The average molecular weight is 390 g/mol. The van der Waals surface area contributed by atoms with Gasteiger partial charge in [0.25, 0.3) is 0 Å². The molecule has 0 saturated carbocycles. The number of carbonyl (C=O) groups excluding carboxylic acids is 1. The minimum absolute atomic E-state index is 0.105. The Bertz CT molecular complexity index is 976. The number of hydrogen-bond donors (Lipinski definition) is 3. The Morgan fingerprint density at radius 2 is 1.21 bits per heavy atom. The van der Waals surface area contributed by atoms with E-state index in [1.807, 2.05) is 6.07 Å². The van der Waals surface area contributed by atoms with Gasteiger partial charge < -0.3 is 21.3 Å². The predicted octanol–water partition coefficient (Wildman–Crippen LogP) is 2.52. The van der Waals surface area contributed by atoms with E-state index in [1.54, 1.807) is 72.8 Å². The van der Waals surface area contributed by atoms with Crippen LogP contribution in [-0.2, 0) is 32.0 Å². The van der Waals surface area contributed by atoms with Gasteiger partial charge in [0.15, 0.2) is 0 Å². The van der Waals surface area contributed by atoms with E-state index in [2.05, 4.69) is 0 Å². The number of rotatable bonds is 7. The van der Waals surface area contributed by atoms with Gasteiger partial charge in [-0.1, -0.05) is 91.0 Å². The molecule has 3 aromatic carbocycles. The molecule has 0 spiro atoms. The van der Waals surface area contributed by atoms with Gasteiger partial charge in [-0.3, -0.25) is 9.59 Å². The second-order valence-electron chi connectivity index (χ2n) is 6.72. The van der Waals surface area contributed by atoms with Crippen molar-refractivity contribution in [2.45, 2.75) is 17.7 Å². The van der Waals surface area contributed by atoms with Crippen LogP contribution in [0.3, 0.4) is 0 Å². The van der Waals surface area contributed by atoms with E-state index in [1.165, 1.54) is 12.1 Å². The number of hydrogen-bond acceptors (Lipinski definition) is 5. The molecular weight excluding hydrogens is 368 g/mol. The van der Waals surface area contributed by atoms with Gasteiger partial charge in [0, 0.05) is 0 Å². The summed E-state index contributed by atoms with van der Waals surface area (Å²) in [6, 6.07) is 25.2. The highest BCUT2D eigenvalue weighted by Crippen LogP contribution is 2.39. The minimum Gasteiger partial charge on any atom is -0.480 e. The Labute approximate surface area is 168 Å². The Hall–Kier alpha value is -3.48. The van der Waals surface area contributed by atoms with E-state index >= 15 is 0 Å². The van der Waals surface area contributed by atoms with Crippen LogP contribution in [0.25, 0.3) is 0 Å². The molecule has 0 heterocycles. The normalized spacial score (nSPS) is 13.3. The molecule has 0 aliphatic heterocycles. The van der Waals surface area contributed by atoms with Crippen molar-refractivity contribution in [2.24, 2.45) is 11.5 Å². The van der Waals surface area contributed by atoms with Crippen LogP contribution in [0.15, 0.2) is 91.0 Å². The van der Waals surface area contributed by atoms with Crippen molar-refractivity contribution in [2.75, 3.05) is 0 Å². The maximum absolute atomic E-state index is 13.3. The highest BCUT2D eigenvalue weighted by Gasteiger charge is 2.62. The summed E-state index contributed by atoms with van der Waals surface area (Å²) in [5, 5.41) is 10.3. The van der Waals surface area contributed by atoms with Crippen LogP contribution in [0, 0.1) is 0 Å². The summed E-state index contributed by atoms with van der Waals surface area (Å²) in [6.45, 7) is -0.105. The molecule has 6 nitrogen and oxygen atoms in total. The number of esters is 1. The van der Waals surface area contributed by atoms with Crippen molar-refractivity contribution < 1.29 is 19.4 Å². The van der Waals surface area contributed by atoms with Crippen LogP contribution in [0.2, 0.25) is 0 Å². The highest BCUT2D eigenvalue weighted by atomic mass is 16.5. The number of carboxylic acids is 1. The van der Waals surface area contributed by atoms with Crippen LogP contribution in [-0.4, -0.2) is 17.0 Å². The molecule has 3 aromatic rings. The molecule has 0 saturated heterocycles. The number of aliphatic carboxylic acids is 1. The molecule has 6 heteroatoms. The third kappa shape index (κ3) is 3.63. The molecule has 0 aliphatic rings. The largest absolute Gasteiger partial charge is 0.480 e. The van der Waals surface area contributed by atoms with E-state index in [0.717, 1.165) is 0 Å². The zero-order valence-corrected chi connectivity index (χ0v) is 15.7. The fraction of sp³-hybridized carbons (Fsp3) is 0.130. The molecule has 0 amide bonds. The maximum Gasteiger partial charge on any atom is 0.332 e. The molecule has 29 heavy (non-hydrogen) atoms. The lowest BCUT2D eigenvalue weighted by Gasteiger charge is -2.41. The zero-order chi connectivity index (χ0) is 20.9. The third-order valence-electron chi connectivity index (χ3n) is 4.92. The monoisotopic (exact) mass is 390 g/mol. The number of benzene rings is 3. The van der Waals surface area contributed by atoms with Crippen LogP contribution < -0.4 is 11.5 Å². The summed E-state index contributed by atoms with van der Waals surface area (Å²) in [7, 11) is 0. The topological polar surface area (TPSA) is 116 Å². The molecule has 1 unspecified atom stereocenters. The Kier molecular flexibility index (Phi) is 5.77. The van der Waals surface area contributed by atoms with Gasteiger partial charge in [-0.2, -0.15) is 0 Å². The summed E-state index contributed by atoms with van der Waals surface area (Å²) in [5.41, 5.74) is 9.55. The molecule has 3 rings (SSSR count). The number of carboxylic acid groups (broad SMARTS) is 1. The first kappa shape index (κ1) is 20.3. The molecule has 0 bridgehead atoms. The Morgan fingerprint density at radius 1 is 0.759 bits per heavy atom. The molecule has 1 atom stereocenters. The smallest absolute Gasteiger partial charge is 0.332 e. The quantitative estimate of drug-likeness (QED) is 0.324. The van der Waals surface area contributed by atoms with Crippen molar-refractivity contribution in [3.8, 4) is 0 Å². The third-order valence-corrected chi connectivity index (χ3v) is 4.92. The summed E-state index contributed by atoms with van der Waals surface area (Å²) in [4.78, 5) is 26.0. The van der Waals surface area contributed by atoms with Crippen molar-refractivity contribution >= 4 is 11.9 Å². The second kappa shape index (κ2) is 8.26. The molecule has 0 radical (unpaired) electrons. The summed E-state index contributed by atoms with van der Waals surface area (Å²) >= 11 is 0. The first-order valence-electron chi connectivity index (χ1n) is 9.04. The van der Waals surface area contributed by atoms with Crippen LogP contribution in [0.1, 0.15) is 16.7 Å². The Morgan fingerprint density at radius 3 is 1.69 bits per heavy atom. The summed E-state index contributed by atoms with van der Waals surface area (Å²) in [6.07, 6.45) is 0. The van der Waals surface area contributed by atoms with Crippen LogP contribution in [0.5, 0.6) is 0 Å². The van der Waals surface area contributed by atoms with Gasteiger partial charge in [-0.25, -0.2) is 0 Å². The lowest BCUT2D eigenvalue weighted by Crippen LogP contribution is -2.69. The lowest BCUT2D eigenvalue weighted by atomic mass is 9.67. The molecular formula is C23H22N2O4. The van der Waals surface area contributed by atoms with Crippen LogP contribution >= 0.6 is 0 Å². The van der Waals surface area contributed by atoms with Gasteiger partial charge in [0.2, 0.25) is 5.41 Å². The number of ether oxygens (including phenoxy) is 1. The van der Waals surface area contributed by atoms with Crippen molar-refractivity contribution in [3.05, 3.63) is 108 Å². The molecule has 148 valence electrons. The van der Waals surface area contributed by atoms with Crippen LogP contribution in [0.4, 0.5) is 0 Å². The predicted molar refractivity (Wildman–Crippen MR) is 108 cm³/mol. The van der Waals surface area contributed by atoms with E-state index < -0.39 is 23.0 Å². The van der Waals surface area contributed by atoms with Gasteiger partial charge >= 0.3 is 11.9 Å². The standard InChI is InChI=1S/C23H22N2O4/c24-23(25,19-14-8-3-9-15-19)22(20(26)27,18-12-6-2-7-13-18)21(28)29-16-17-10-4-1-5-11-17/h1-15H,16,24-25H2,(H,26,27). The maximum atomic E-state index is 13.3. The van der Waals surface area contributed by atoms with Crippen molar-refractivity contribution in [1.29, 1.82) is 0 Å². The fourth-order valence-corrected chi connectivity index (χ4v) is 3.36. The lowest BCUT2D eigenvalue weighted by molar-refractivity contribution is -0.167. The minimum atomic E-state index is -2.36.